The monoisotopic (exact) mass is 244 g/mol. The molecule has 0 aliphatic heterocycles. The molecule has 0 atom stereocenters. The molecule has 0 spiro atoms. The molecule has 0 saturated carbocycles. The molecule has 0 aliphatic carbocycles. The van der Waals surface area contributed by atoms with Crippen molar-refractivity contribution in [2.24, 2.45) is 0 Å². The van der Waals surface area contributed by atoms with Crippen LogP contribution in [0, 0.1) is 25.2 Å². The van der Waals surface area contributed by atoms with Gasteiger partial charge in [0.2, 0.25) is 0 Å². The number of nitrogens with zero attached hydrogens (tertiary/aromatic N) is 3. The Bertz CT molecular complexity index is 568. The lowest BCUT2D eigenvalue weighted by Gasteiger charge is -2.06. The van der Waals surface area contributed by atoms with Gasteiger partial charge in [-0.1, -0.05) is 0 Å². The highest BCUT2D eigenvalue weighted by molar-refractivity contribution is 7.10. The fraction of sp³-hybridized carbons (Fsp3) is 0.250. The lowest BCUT2D eigenvalue weighted by molar-refractivity contribution is 1.09. The van der Waals surface area contributed by atoms with Gasteiger partial charge in [0.25, 0.3) is 0 Å². The molecule has 0 saturated heterocycles. The molecule has 0 aliphatic rings. The molecule has 2 rings (SSSR count). The van der Waals surface area contributed by atoms with Gasteiger partial charge in [0.05, 0.1) is 5.69 Å². The predicted molar refractivity (Wildman–Crippen MR) is 67.9 cm³/mol. The number of hydrogen-bond acceptors (Lipinski definition) is 5. The van der Waals surface area contributed by atoms with E-state index in [0.29, 0.717) is 12.1 Å². The molecule has 1 N–H and O–H groups in total. The van der Waals surface area contributed by atoms with Gasteiger partial charge in [-0.3, -0.25) is 4.98 Å². The molecule has 0 radical (unpaired) electrons. The lowest BCUT2D eigenvalue weighted by Crippen LogP contribution is -2.01. The normalized spacial score (nSPS) is 9.94. The Hall–Kier alpha value is -1.93. The van der Waals surface area contributed by atoms with Crippen LogP contribution in [0.4, 0.5) is 5.00 Å². The van der Waals surface area contributed by atoms with Crippen molar-refractivity contribution in [1.29, 1.82) is 5.26 Å². The van der Waals surface area contributed by atoms with Crippen LogP contribution in [0.5, 0.6) is 0 Å². The van der Waals surface area contributed by atoms with Gasteiger partial charge in [-0.05, 0) is 42.6 Å². The molecular weight excluding hydrogens is 232 g/mol. The quantitative estimate of drug-likeness (QED) is 0.901. The van der Waals surface area contributed by atoms with E-state index < -0.39 is 0 Å². The fourth-order valence-electron chi connectivity index (χ4n) is 1.50. The van der Waals surface area contributed by atoms with Crippen LogP contribution in [-0.4, -0.2) is 9.36 Å². The van der Waals surface area contributed by atoms with Gasteiger partial charge in [0.1, 0.15) is 16.6 Å². The summed E-state index contributed by atoms with van der Waals surface area (Å²) in [6.07, 6.45) is 3.60. The molecule has 0 unspecified atom stereocenters. The van der Waals surface area contributed by atoms with Crippen LogP contribution < -0.4 is 5.32 Å². The second-order valence-corrected chi connectivity index (χ2v) is 4.51. The van der Waals surface area contributed by atoms with Crippen LogP contribution in [0.15, 0.2) is 18.5 Å². The largest absolute Gasteiger partial charge is 0.370 e. The van der Waals surface area contributed by atoms with Crippen molar-refractivity contribution in [3.63, 3.8) is 0 Å². The van der Waals surface area contributed by atoms with Gasteiger partial charge >= 0.3 is 0 Å². The maximum Gasteiger partial charge on any atom is 0.127 e. The number of nitriles is 1. The first kappa shape index (κ1) is 11.6. The highest BCUT2D eigenvalue weighted by atomic mass is 32.1. The van der Waals surface area contributed by atoms with E-state index in [2.05, 4.69) is 20.7 Å². The first-order chi connectivity index (χ1) is 8.22. The summed E-state index contributed by atoms with van der Waals surface area (Å²) in [6, 6.07) is 4.14. The second kappa shape index (κ2) is 4.93. The summed E-state index contributed by atoms with van der Waals surface area (Å²) in [5.41, 5.74) is 3.74. The standard InChI is InChI=1S/C12H12N4S/c1-8-6-14-4-3-10(8)7-15-12-11(5-13)9(2)16-17-12/h3-4,6,15H,7H2,1-2H3. The zero-order valence-corrected chi connectivity index (χ0v) is 10.5. The Morgan fingerprint density at radius 3 is 3.00 bits per heavy atom. The Morgan fingerprint density at radius 2 is 2.29 bits per heavy atom. The van der Waals surface area contributed by atoms with Crippen molar-refractivity contribution >= 4 is 16.5 Å². The zero-order valence-electron chi connectivity index (χ0n) is 9.69. The van der Waals surface area contributed by atoms with Crippen LogP contribution in [0.25, 0.3) is 0 Å². The maximum absolute atomic E-state index is 9.01. The van der Waals surface area contributed by atoms with Gasteiger partial charge in [-0.2, -0.15) is 9.64 Å². The van der Waals surface area contributed by atoms with E-state index in [1.165, 1.54) is 17.1 Å². The van der Waals surface area contributed by atoms with Gasteiger partial charge < -0.3 is 5.32 Å². The van der Waals surface area contributed by atoms with Crippen molar-refractivity contribution in [2.75, 3.05) is 5.32 Å². The van der Waals surface area contributed by atoms with E-state index in [-0.39, 0.29) is 0 Å². The number of hydrogen-bond donors (Lipinski definition) is 1. The summed E-state index contributed by atoms with van der Waals surface area (Å²) in [5, 5.41) is 13.1. The van der Waals surface area contributed by atoms with E-state index in [0.717, 1.165) is 16.3 Å². The van der Waals surface area contributed by atoms with Crippen LogP contribution in [-0.2, 0) is 6.54 Å². The Labute approximate surface area is 104 Å². The third kappa shape index (κ3) is 2.43. The number of anilines is 1. The maximum atomic E-state index is 9.01. The van der Waals surface area contributed by atoms with Crippen LogP contribution in [0.2, 0.25) is 0 Å². The number of pyridine rings is 1. The number of nitrogens with one attached hydrogen (secondary N) is 1. The summed E-state index contributed by atoms with van der Waals surface area (Å²) in [6.45, 7) is 4.55. The number of aryl methyl sites for hydroxylation is 2. The number of aromatic nitrogens is 2. The van der Waals surface area contributed by atoms with Gasteiger partial charge in [-0.25, -0.2) is 0 Å². The summed E-state index contributed by atoms with van der Waals surface area (Å²) in [7, 11) is 0. The van der Waals surface area contributed by atoms with Crippen LogP contribution in [0.1, 0.15) is 22.4 Å². The van der Waals surface area contributed by atoms with E-state index in [1.54, 1.807) is 6.20 Å². The predicted octanol–water partition coefficient (Wildman–Crippen LogP) is 2.64. The molecule has 0 fully saturated rings. The highest BCUT2D eigenvalue weighted by Gasteiger charge is 2.09. The van der Waals surface area contributed by atoms with E-state index in [9.17, 15) is 0 Å². The Balaban J connectivity index is 2.13. The van der Waals surface area contributed by atoms with Gasteiger partial charge in [0, 0.05) is 18.9 Å². The smallest absolute Gasteiger partial charge is 0.127 e. The highest BCUT2D eigenvalue weighted by Crippen LogP contribution is 2.24. The summed E-state index contributed by atoms with van der Waals surface area (Å²) < 4.78 is 4.17. The van der Waals surface area contributed by atoms with E-state index in [4.69, 9.17) is 5.26 Å². The summed E-state index contributed by atoms with van der Waals surface area (Å²) in [5.74, 6) is 0. The molecule has 0 amide bonds. The third-order valence-electron chi connectivity index (χ3n) is 2.55. The van der Waals surface area contributed by atoms with Crippen molar-refractivity contribution in [1.82, 2.24) is 9.36 Å². The fourth-order valence-corrected chi connectivity index (χ4v) is 2.24. The molecule has 17 heavy (non-hydrogen) atoms. The third-order valence-corrected chi connectivity index (χ3v) is 3.45. The van der Waals surface area contributed by atoms with Crippen molar-refractivity contribution in [3.05, 3.63) is 40.8 Å². The minimum atomic E-state index is 0.640. The molecule has 2 aromatic heterocycles. The molecule has 4 nitrogen and oxygen atoms in total. The molecule has 2 aromatic rings. The van der Waals surface area contributed by atoms with Crippen molar-refractivity contribution in [3.8, 4) is 6.07 Å². The Kier molecular flexibility index (Phi) is 3.35. The lowest BCUT2D eigenvalue weighted by atomic mass is 10.1. The first-order valence-electron chi connectivity index (χ1n) is 5.22. The molecule has 0 bridgehead atoms. The average Bonchev–Trinajstić information content (AvgIpc) is 2.69. The van der Waals surface area contributed by atoms with Crippen molar-refractivity contribution < 1.29 is 0 Å². The topological polar surface area (TPSA) is 61.6 Å². The molecule has 5 heteroatoms. The second-order valence-electron chi connectivity index (χ2n) is 3.74. The summed E-state index contributed by atoms with van der Waals surface area (Å²) >= 11 is 1.33. The molecular formula is C12H12N4S. The van der Waals surface area contributed by atoms with Gasteiger partial charge in [-0.15, -0.1) is 0 Å². The summed E-state index contributed by atoms with van der Waals surface area (Å²) in [4.78, 5) is 4.05. The van der Waals surface area contributed by atoms with E-state index >= 15 is 0 Å². The number of rotatable bonds is 3. The average molecular weight is 244 g/mol. The van der Waals surface area contributed by atoms with E-state index in [1.807, 2.05) is 26.1 Å². The van der Waals surface area contributed by atoms with Crippen LogP contribution >= 0.6 is 11.5 Å². The minimum Gasteiger partial charge on any atom is -0.370 e. The van der Waals surface area contributed by atoms with Gasteiger partial charge in [0.15, 0.2) is 0 Å². The Morgan fingerprint density at radius 1 is 1.47 bits per heavy atom. The van der Waals surface area contributed by atoms with Crippen LogP contribution in [0.3, 0.4) is 0 Å². The minimum absolute atomic E-state index is 0.640. The zero-order chi connectivity index (χ0) is 12.3. The van der Waals surface area contributed by atoms with Crippen molar-refractivity contribution in [2.45, 2.75) is 20.4 Å². The molecule has 0 aromatic carbocycles. The molecule has 2 heterocycles. The SMILES string of the molecule is Cc1cnccc1CNc1snc(C)c1C#N. The molecule has 86 valence electrons. The first-order valence-corrected chi connectivity index (χ1v) is 5.99.